The molecule has 0 spiro atoms. The summed E-state index contributed by atoms with van der Waals surface area (Å²) >= 11 is 4.25. The van der Waals surface area contributed by atoms with Crippen molar-refractivity contribution in [3.8, 4) is 0 Å². The zero-order valence-electron chi connectivity index (χ0n) is 7.78. The minimum atomic E-state index is 0.351. The fraction of sp³-hybridized carbons (Fsp3) is 0.889. The van der Waals surface area contributed by atoms with Crippen LogP contribution in [0.1, 0.15) is 19.3 Å². The molecule has 3 nitrogen and oxygen atoms in total. The van der Waals surface area contributed by atoms with Crippen molar-refractivity contribution in [3.05, 3.63) is 0 Å². The number of nitrogens with zero attached hydrogens (tertiary/aromatic N) is 2. The van der Waals surface area contributed by atoms with E-state index in [4.69, 9.17) is 0 Å². The standard InChI is InChI=1S/C9H16N2OS/c12-9(7-8-1-2-8)10-3-5-11(13)6-4-10/h8,13H,1-7H2. The molecule has 13 heavy (non-hydrogen) atoms. The van der Waals surface area contributed by atoms with Gasteiger partial charge in [0.25, 0.3) is 0 Å². The summed E-state index contributed by atoms with van der Waals surface area (Å²) in [4.78, 5) is 13.6. The van der Waals surface area contributed by atoms with Gasteiger partial charge in [-0.2, -0.15) is 0 Å². The number of piperazine rings is 1. The highest BCUT2D eigenvalue weighted by molar-refractivity contribution is 7.77. The van der Waals surface area contributed by atoms with Gasteiger partial charge < -0.3 is 4.90 Å². The highest BCUT2D eigenvalue weighted by atomic mass is 32.1. The van der Waals surface area contributed by atoms with Crippen LogP contribution in [0.4, 0.5) is 0 Å². The van der Waals surface area contributed by atoms with Crippen molar-refractivity contribution in [3.63, 3.8) is 0 Å². The van der Waals surface area contributed by atoms with Gasteiger partial charge in [-0.1, -0.05) is 12.8 Å². The number of carbonyl (C=O) groups excluding carboxylic acids is 1. The summed E-state index contributed by atoms with van der Waals surface area (Å²) in [6, 6.07) is 0. The molecule has 0 aromatic carbocycles. The van der Waals surface area contributed by atoms with Crippen LogP contribution in [0.5, 0.6) is 0 Å². The van der Waals surface area contributed by atoms with E-state index < -0.39 is 0 Å². The molecule has 1 amide bonds. The number of thiol groups is 1. The SMILES string of the molecule is O=C(CC1CC1)N1CCN(S)CC1. The zero-order valence-corrected chi connectivity index (χ0v) is 8.67. The van der Waals surface area contributed by atoms with Crippen LogP contribution in [0, 0.1) is 5.92 Å². The van der Waals surface area contributed by atoms with Gasteiger partial charge in [0.1, 0.15) is 0 Å². The lowest BCUT2D eigenvalue weighted by atomic mass is 10.2. The molecule has 1 saturated carbocycles. The highest BCUT2D eigenvalue weighted by Crippen LogP contribution is 2.32. The van der Waals surface area contributed by atoms with Gasteiger partial charge in [-0.15, -0.1) is 0 Å². The molecule has 1 saturated heterocycles. The first-order valence-electron chi connectivity index (χ1n) is 4.97. The maximum atomic E-state index is 11.6. The summed E-state index contributed by atoms with van der Waals surface area (Å²) < 4.78 is 1.97. The maximum Gasteiger partial charge on any atom is 0.222 e. The van der Waals surface area contributed by atoms with Crippen LogP contribution in [0.3, 0.4) is 0 Å². The average Bonchev–Trinajstić information content (AvgIpc) is 2.89. The Morgan fingerprint density at radius 3 is 2.38 bits per heavy atom. The van der Waals surface area contributed by atoms with E-state index in [1.54, 1.807) is 0 Å². The highest BCUT2D eigenvalue weighted by Gasteiger charge is 2.28. The summed E-state index contributed by atoms with van der Waals surface area (Å²) in [6.07, 6.45) is 3.31. The Labute approximate surface area is 84.6 Å². The summed E-state index contributed by atoms with van der Waals surface area (Å²) in [5.74, 6) is 1.06. The van der Waals surface area contributed by atoms with E-state index >= 15 is 0 Å². The first-order valence-corrected chi connectivity index (χ1v) is 5.37. The van der Waals surface area contributed by atoms with Crippen LogP contribution in [0.25, 0.3) is 0 Å². The molecule has 2 fully saturated rings. The van der Waals surface area contributed by atoms with Gasteiger partial charge in [0.15, 0.2) is 0 Å². The van der Waals surface area contributed by atoms with Crippen LogP contribution < -0.4 is 0 Å². The van der Waals surface area contributed by atoms with E-state index in [0.29, 0.717) is 11.8 Å². The molecule has 0 N–H and O–H groups in total. The van der Waals surface area contributed by atoms with Crippen molar-refractivity contribution in [2.75, 3.05) is 26.2 Å². The Hall–Kier alpha value is -0.220. The van der Waals surface area contributed by atoms with Gasteiger partial charge in [0.2, 0.25) is 5.91 Å². The van der Waals surface area contributed by atoms with Gasteiger partial charge in [0, 0.05) is 32.6 Å². The number of amides is 1. The fourth-order valence-corrected chi connectivity index (χ4v) is 1.82. The molecular weight excluding hydrogens is 184 g/mol. The predicted molar refractivity (Wildman–Crippen MR) is 54.5 cm³/mol. The molecule has 1 aliphatic heterocycles. The quantitative estimate of drug-likeness (QED) is 0.666. The smallest absolute Gasteiger partial charge is 0.222 e. The molecule has 1 heterocycles. The van der Waals surface area contributed by atoms with Gasteiger partial charge in [-0.3, -0.25) is 4.79 Å². The normalized spacial score (nSPS) is 24.8. The molecule has 1 aliphatic carbocycles. The number of hydrogen-bond acceptors (Lipinski definition) is 3. The summed E-state index contributed by atoms with van der Waals surface area (Å²) in [7, 11) is 0. The van der Waals surface area contributed by atoms with Crippen molar-refractivity contribution >= 4 is 18.7 Å². The molecule has 0 unspecified atom stereocenters. The van der Waals surface area contributed by atoms with Gasteiger partial charge in [-0.25, -0.2) is 4.31 Å². The number of hydrogen-bond donors (Lipinski definition) is 1. The Balaban J connectivity index is 1.75. The first kappa shape index (κ1) is 9.34. The van der Waals surface area contributed by atoms with Crippen molar-refractivity contribution in [2.24, 2.45) is 5.92 Å². The fourth-order valence-electron chi connectivity index (χ4n) is 1.64. The zero-order chi connectivity index (χ0) is 9.26. The Bertz CT molecular complexity index is 198. The first-order chi connectivity index (χ1) is 6.25. The van der Waals surface area contributed by atoms with Gasteiger partial charge in [-0.05, 0) is 18.8 Å². The minimum absolute atomic E-state index is 0.351. The van der Waals surface area contributed by atoms with E-state index in [0.717, 1.165) is 32.6 Å². The third-order valence-electron chi connectivity index (χ3n) is 2.77. The second kappa shape index (κ2) is 3.88. The largest absolute Gasteiger partial charge is 0.340 e. The second-order valence-corrected chi connectivity index (χ2v) is 4.55. The molecule has 2 rings (SSSR count). The average molecular weight is 200 g/mol. The lowest BCUT2D eigenvalue weighted by Gasteiger charge is -2.31. The van der Waals surface area contributed by atoms with E-state index in [1.807, 2.05) is 9.21 Å². The predicted octanol–water partition coefficient (Wildman–Crippen LogP) is 0.776. The molecule has 2 aliphatic rings. The van der Waals surface area contributed by atoms with E-state index in [9.17, 15) is 4.79 Å². The van der Waals surface area contributed by atoms with Crippen LogP contribution in [0.15, 0.2) is 0 Å². The molecule has 4 heteroatoms. The van der Waals surface area contributed by atoms with Crippen molar-refractivity contribution in [1.82, 2.24) is 9.21 Å². The maximum absolute atomic E-state index is 11.6. The number of carbonyl (C=O) groups is 1. The van der Waals surface area contributed by atoms with E-state index in [-0.39, 0.29) is 0 Å². The van der Waals surface area contributed by atoms with E-state index in [2.05, 4.69) is 12.8 Å². The Kier molecular flexibility index (Phi) is 2.79. The second-order valence-electron chi connectivity index (χ2n) is 3.98. The Morgan fingerprint density at radius 2 is 1.85 bits per heavy atom. The van der Waals surface area contributed by atoms with Crippen LogP contribution >= 0.6 is 12.8 Å². The molecule has 0 aromatic rings. The molecule has 0 bridgehead atoms. The summed E-state index contributed by atoms with van der Waals surface area (Å²) in [6.45, 7) is 3.52. The monoisotopic (exact) mass is 200 g/mol. The van der Waals surface area contributed by atoms with Crippen molar-refractivity contribution in [2.45, 2.75) is 19.3 Å². The molecule has 0 radical (unpaired) electrons. The lowest BCUT2D eigenvalue weighted by molar-refractivity contribution is -0.132. The minimum Gasteiger partial charge on any atom is -0.340 e. The van der Waals surface area contributed by atoms with Crippen molar-refractivity contribution in [1.29, 1.82) is 0 Å². The number of rotatable bonds is 2. The van der Waals surface area contributed by atoms with Gasteiger partial charge in [0.05, 0.1) is 0 Å². The summed E-state index contributed by atoms with van der Waals surface area (Å²) in [5.41, 5.74) is 0. The topological polar surface area (TPSA) is 23.6 Å². The molecule has 0 atom stereocenters. The van der Waals surface area contributed by atoms with Crippen LogP contribution in [0.2, 0.25) is 0 Å². The van der Waals surface area contributed by atoms with Crippen LogP contribution in [-0.2, 0) is 4.79 Å². The summed E-state index contributed by atoms with van der Waals surface area (Å²) in [5, 5.41) is 0. The lowest BCUT2D eigenvalue weighted by Crippen LogP contribution is -2.45. The Morgan fingerprint density at radius 1 is 1.23 bits per heavy atom. The van der Waals surface area contributed by atoms with Crippen molar-refractivity contribution < 1.29 is 4.79 Å². The van der Waals surface area contributed by atoms with Gasteiger partial charge >= 0.3 is 0 Å². The third kappa shape index (κ3) is 2.61. The molecule has 0 aromatic heterocycles. The van der Waals surface area contributed by atoms with Crippen LogP contribution in [-0.4, -0.2) is 41.3 Å². The molecule has 74 valence electrons. The van der Waals surface area contributed by atoms with E-state index in [1.165, 1.54) is 12.8 Å². The molecular formula is C9H16N2OS. The third-order valence-corrected chi connectivity index (χ3v) is 3.17.